The van der Waals surface area contributed by atoms with Crippen LogP contribution in [-0.4, -0.2) is 64.3 Å². The normalized spacial score (nSPS) is 15.3. The lowest BCUT2D eigenvalue weighted by Crippen LogP contribution is -2.38. The van der Waals surface area contributed by atoms with E-state index in [2.05, 4.69) is 10.6 Å². The molecule has 4 rings (SSSR count). The first-order valence-electron chi connectivity index (χ1n) is 14.4. The Labute approximate surface area is 266 Å². The summed E-state index contributed by atoms with van der Waals surface area (Å²) >= 11 is 0. The molecule has 3 aromatic carbocycles. The van der Waals surface area contributed by atoms with Crippen LogP contribution in [0.4, 0.5) is 20.6 Å². The molecule has 2 atom stereocenters. The Morgan fingerprint density at radius 2 is 1.65 bits per heavy atom. The van der Waals surface area contributed by atoms with Crippen molar-refractivity contribution in [2.75, 3.05) is 38.5 Å². The second kappa shape index (κ2) is 14.1. The van der Waals surface area contributed by atoms with Crippen molar-refractivity contribution >= 4 is 39.1 Å². The highest BCUT2D eigenvalue weighted by molar-refractivity contribution is 7.92. The molecule has 3 amide bonds. The van der Waals surface area contributed by atoms with E-state index in [9.17, 15) is 27.2 Å². The largest absolute Gasteiger partial charge is 0.493 e. The van der Waals surface area contributed by atoms with Gasteiger partial charge in [0.1, 0.15) is 11.9 Å². The van der Waals surface area contributed by atoms with Gasteiger partial charge in [0.15, 0.2) is 21.3 Å². The predicted molar refractivity (Wildman–Crippen MR) is 169 cm³/mol. The summed E-state index contributed by atoms with van der Waals surface area (Å²) in [5.74, 6) is -1.45. The van der Waals surface area contributed by atoms with Gasteiger partial charge in [-0.3, -0.25) is 14.9 Å². The van der Waals surface area contributed by atoms with Crippen LogP contribution in [0.2, 0.25) is 0 Å². The van der Waals surface area contributed by atoms with Gasteiger partial charge in [0.05, 0.1) is 43.1 Å². The Kier molecular flexibility index (Phi) is 10.4. The van der Waals surface area contributed by atoms with E-state index in [0.717, 1.165) is 6.07 Å². The summed E-state index contributed by atoms with van der Waals surface area (Å²) in [6, 6.07) is 11.2. The molecule has 0 bridgehead atoms. The number of likely N-dealkylation sites (tertiary alicyclic amines) is 1. The summed E-state index contributed by atoms with van der Waals surface area (Å²) in [5.41, 5.74) is 6.34. The first kappa shape index (κ1) is 34.0. The van der Waals surface area contributed by atoms with Crippen LogP contribution in [0.5, 0.6) is 11.5 Å². The lowest BCUT2D eigenvalue weighted by atomic mass is 10.0. The Morgan fingerprint density at radius 1 is 0.957 bits per heavy atom. The van der Waals surface area contributed by atoms with Crippen molar-refractivity contribution in [1.29, 1.82) is 0 Å². The number of sulfone groups is 1. The van der Waals surface area contributed by atoms with Gasteiger partial charge >= 0.3 is 6.09 Å². The van der Waals surface area contributed by atoms with Gasteiger partial charge in [-0.05, 0) is 86.3 Å². The second-order valence-electron chi connectivity index (χ2n) is 10.9. The molecule has 0 saturated carbocycles. The zero-order valence-corrected chi connectivity index (χ0v) is 26.9. The van der Waals surface area contributed by atoms with Gasteiger partial charge in [0.25, 0.3) is 5.91 Å². The lowest BCUT2D eigenvalue weighted by Gasteiger charge is -2.32. The zero-order chi connectivity index (χ0) is 33.8. The SMILES string of the molecule is COC(=O)Nc1ccc(S(=O)(=O)C(C)C)c(C2CCCN2C(=O)C(Nc2ccc(F)c(C(N)=O)c2)c2ccc(OC)c(OC)c2)c1. The smallest absolute Gasteiger partial charge is 0.411 e. The first-order valence-corrected chi connectivity index (χ1v) is 16.0. The molecule has 14 heteroatoms. The number of carbonyl (C=O) groups excluding carboxylic acids is 3. The molecule has 2 unspecified atom stereocenters. The number of carbonyl (C=O) groups is 3. The van der Waals surface area contributed by atoms with Gasteiger partial charge in [-0.25, -0.2) is 17.6 Å². The highest BCUT2D eigenvalue weighted by Crippen LogP contribution is 2.41. The van der Waals surface area contributed by atoms with Crippen molar-refractivity contribution < 1.29 is 41.4 Å². The summed E-state index contributed by atoms with van der Waals surface area (Å²) in [7, 11) is 0.329. The number of nitrogens with two attached hydrogens (primary N) is 1. The number of nitrogens with zero attached hydrogens (tertiary/aromatic N) is 1. The number of anilines is 2. The van der Waals surface area contributed by atoms with Crippen LogP contribution in [0.25, 0.3) is 0 Å². The van der Waals surface area contributed by atoms with Crippen LogP contribution in [-0.2, 0) is 19.4 Å². The van der Waals surface area contributed by atoms with Gasteiger partial charge < -0.3 is 30.2 Å². The fourth-order valence-corrected chi connectivity index (χ4v) is 6.67. The third kappa shape index (κ3) is 7.01. The number of rotatable bonds is 11. The van der Waals surface area contributed by atoms with E-state index in [4.69, 9.17) is 19.9 Å². The predicted octanol–water partition coefficient (Wildman–Crippen LogP) is 4.82. The fraction of sp³-hybridized carbons (Fsp3) is 0.344. The van der Waals surface area contributed by atoms with Crippen molar-refractivity contribution in [3.8, 4) is 11.5 Å². The van der Waals surface area contributed by atoms with Gasteiger partial charge in [0.2, 0.25) is 5.91 Å². The molecule has 246 valence electrons. The van der Waals surface area contributed by atoms with Crippen LogP contribution >= 0.6 is 0 Å². The number of hydrogen-bond acceptors (Lipinski definition) is 9. The third-order valence-electron chi connectivity index (χ3n) is 7.79. The fourth-order valence-electron chi connectivity index (χ4n) is 5.38. The first-order chi connectivity index (χ1) is 21.8. The Bertz CT molecular complexity index is 1750. The number of ether oxygens (including phenoxy) is 3. The molecule has 0 spiro atoms. The Balaban J connectivity index is 1.84. The Morgan fingerprint density at radius 3 is 2.28 bits per heavy atom. The van der Waals surface area contributed by atoms with Crippen molar-refractivity contribution in [3.05, 3.63) is 77.1 Å². The average Bonchev–Trinajstić information content (AvgIpc) is 3.53. The van der Waals surface area contributed by atoms with Crippen LogP contribution in [0, 0.1) is 5.82 Å². The van der Waals surface area contributed by atoms with E-state index in [-0.39, 0.29) is 16.1 Å². The topological polar surface area (TPSA) is 166 Å². The van der Waals surface area contributed by atoms with Crippen LogP contribution in [0.1, 0.15) is 60.3 Å². The highest BCUT2D eigenvalue weighted by Gasteiger charge is 2.38. The summed E-state index contributed by atoms with van der Waals surface area (Å²) in [6.45, 7) is 3.43. The average molecular weight is 657 g/mol. The molecule has 1 aliphatic heterocycles. The van der Waals surface area contributed by atoms with E-state index in [1.165, 1.54) is 45.6 Å². The number of hydrogen-bond donors (Lipinski definition) is 3. The quantitative estimate of drug-likeness (QED) is 0.262. The number of methoxy groups -OCH3 is 3. The monoisotopic (exact) mass is 656 g/mol. The maximum atomic E-state index is 14.6. The summed E-state index contributed by atoms with van der Waals surface area (Å²) in [5, 5.41) is 4.92. The van der Waals surface area contributed by atoms with Crippen molar-refractivity contribution in [1.82, 2.24) is 4.90 Å². The van der Waals surface area contributed by atoms with Crippen molar-refractivity contribution in [3.63, 3.8) is 0 Å². The second-order valence-corrected chi connectivity index (χ2v) is 13.4. The number of primary amides is 1. The van der Waals surface area contributed by atoms with Crippen LogP contribution in [0.15, 0.2) is 59.5 Å². The van der Waals surface area contributed by atoms with Gasteiger partial charge in [-0.1, -0.05) is 6.07 Å². The molecule has 1 aliphatic rings. The lowest BCUT2D eigenvalue weighted by molar-refractivity contribution is -0.133. The van der Waals surface area contributed by atoms with Crippen molar-refractivity contribution in [2.24, 2.45) is 5.73 Å². The number of halogens is 1. The molecule has 46 heavy (non-hydrogen) atoms. The summed E-state index contributed by atoms with van der Waals surface area (Å²) < 4.78 is 56.8. The standard InChI is InChI=1S/C32H37FN4O8S/c1-18(2)46(41,42)28-13-10-21(36-32(40)45-5)17-23(28)25-7-6-14-37(25)31(39)29(19-8-12-26(43-3)27(15-19)44-4)35-20-9-11-24(33)22(16-20)30(34)38/h8-13,15-18,25,29,35H,6-7,14H2,1-5H3,(H2,34,38)(H,36,40). The van der Waals surface area contributed by atoms with Crippen LogP contribution < -0.4 is 25.8 Å². The molecule has 1 saturated heterocycles. The molecule has 1 heterocycles. The molecule has 0 aromatic heterocycles. The molecular formula is C32H37FN4O8S. The third-order valence-corrected chi connectivity index (χ3v) is 10.0. The molecular weight excluding hydrogens is 619 g/mol. The Hall–Kier alpha value is -4.85. The molecule has 12 nitrogen and oxygen atoms in total. The van der Waals surface area contributed by atoms with Crippen LogP contribution in [0.3, 0.4) is 0 Å². The van der Waals surface area contributed by atoms with E-state index >= 15 is 0 Å². The summed E-state index contributed by atoms with van der Waals surface area (Å²) in [6.07, 6.45) is 0.264. The highest BCUT2D eigenvalue weighted by atomic mass is 32.2. The molecule has 4 N–H and O–H groups in total. The number of amides is 3. The van der Waals surface area contributed by atoms with Gasteiger partial charge in [0, 0.05) is 17.9 Å². The molecule has 0 aliphatic carbocycles. The van der Waals surface area contributed by atoms with E-state index in [0.29, 0.717) is 47.7 Å². The number of benzene rings is 3. The minimum atomic E-state index is -3.81. The van der Waals surface area contributed by atoms with Gasteiger partial charge in [-0.2, -0.15) is 0 Å². The molecule has 3 aromatic rings. The summed E-state index contributed by atoms with van der Waals surface area (Å²) in [4.78, 5) is 40.0. The minimum absolute atomic E-state index is 0.0443. The number of nitrogens with one attached hydrogen (secondary N) is 2. The van der Waals surface area contributed by atoms with E-state index in [1.807, 2.05) is 0 Å². The molecule has 0 radical (unpaired) electrons. The van der Waals surface area contributed by atoms with E-state index < -0.39 is 50.9 Å². The molecule has 1 fully saturated rings. The van der Waals surface area contributed by atoms with E-state index in [1.54, 1.807) is 43.0 Å². The zero-order valence-electron chi connectivity index (χ0n) is 26.1. The van der Waals surface area contributed by atoms with Gasteiger partial charge in [-0.15, -0.1) is 0 Å². The van der Waals surface area contributed by atoms with Crippen molar-refractivity contribution in [2.45, 2.75) is 48.9 Å². The maximum Gasteiger partial charge on any atom is 0.411 e. The maximum absolute atomic E-state index is 14.6. The minimum Gasteiger partial charge on any atom is -0.493 e.